The maximum Gasteiger partial charge on any atom is 0.127 e. The van der Waals surface area contributed by atoms with Crippen molar-refractivity contribution in [1.82, 2.24) is 0 Å². The van der Waals surface area contributed by atoms with Gasteiger partial charge in [0.05, 0.1) is 13.2 Å². The van der Waals surface area contributed by atoms with E-state index in [2.05, 4.69) is 12.2 Å². The summed E-state index contributed by atoms with van der Waals surface area (Å²) in [6, 6.07) is 0. The summed E-state index contributed by atoms with van der Waals surface area (Å²) in [5.41, 5.74) is 0. The van der Waals surface area contributed by atoms with Crippen molar-refractivity contribution < 1.29 is 14.9 Å². The molecular formula is C14H26N2O+2. The highest BCUT2D eigenvalue weighted by Crippen LogP contribution is 2.42. The maximum atomic E-state index is 8.95. The minimum absolute atomic E-state index is 0.349. The van der Waals surface area contributed by atoms with Gasteiger partial charge in [-0.1, -0.05) is 12.2 Å². The molecule has 2 aliphatic carbocycles. The summed E-state index contributed by atoms with van der Waals surface area (Å²) in [7, 11) is 0. The summed E-state index contributed by atoms with van der Waals surface area (Å²) in [6.45, 7) is 7.84. The predicted molar refractivity (Wildman–Crippen MR) is 67.1 cm³/mol. The van der Waals surface area contributed by atoms with E-state index in [0.717, 1.165) is 24.3 Å². The largest absolute Gasteiger partial charge is 0.391 e. The van der Waals surface area contributed by atoms with Crippen LogP contribution in [0, 0.1) is 17.8 Å². The van der Waals surface area contributed by atoms with E-state index in [1.165, 1.54) is 45.6 Å². The Morgan fingerprint density at radius 3 is 2.35 bits per heavy atom. The zero-order valence-electron chi connectivity index (χ0n) is 10.7. The zero-order valence-corrected chi connectivity index (χ0v) is 10.7. The van der Waals surface area contributed by atoms with Gasteiger partial charge < -0.3 is 14.9 Å². The summed E-state index contributed by atoms with van der Waals surface area (Å²) in [6.07, 6.45) is 7.82. The maximum absolute atomic E-state index is 8.95. The molecule has 3 rings (SSSR count). The van der Waals surface area contributed by atoms with Crippen molar-refractivity contribution in [2.24, 2.45) is 17.8 Å². The molecule has 0 aromatic carbocycles. The highest BCUT2D eigenvalue weighted by atomic mass is 16.3. The standard InChI is InChI=1S/C14H24N2O/c17-8-7-15-3-5-16(6-4-15)11-14-10-12-1-2-13(14)9-12/h1-2,12-14,17H,3-11H2/p+2/t12-,13+,14-/m1/s1. The highest BCUT2D eigenvalue weighted by Gasteiger charge is 2.38. The summed E-state index contributed by atoms with van der Waals surface area (Å²) in [5, 5.41) is 8.95. The predicted octanol–water partition coefficient (Wildman–Crippen LogP) is -2.03. The molecule has 17 heavy (non-hydrogen) atoms. The third-order valence-electron chi connectivity index (χ3n) is 5.10. The number of rotatable bonds is 4. The molecule has 1 aliphatic heterocycles. The van der Waals surface area contributed by atoms with E-state index in [1.54, 1.807) is 4.90 Å². The lowest BCUT2D eigenvalue weighted by molar-refractivity contribution is -1.01. The second-order valence-corrected chi connectivity index (χ2v) is 6.22. The van der Waals surface area contributed by atoms with E-state index in [0.29, 0.717) is 6.61 Å². The first kappa shape index (κ1) is 11.7. The van der Waals surface area contributed by atoms with Gasteiger partial charge in [-0.25, -0.2) is 0 Å². The summed E-state index contributed by atoms with van der Waals surface area (Å²) < 4.78 is 0. The quantitative estimate of drug-likeness (QED) is 0.485. The van der Waals surface area contributed by atoms with Gasteiger partial charge in [0.25, 0.3) is 0 Å². The molecule has 3 N–H and O–H groups in total. The molecule has 0 aromatic heterocycles. The third-order valence-corrected chi connectivity index (χ3v) is 5.10. The van der Waals surface area contributed by atoms with Crippen LogP contribution in [0.3, 0.4) is 0 Å². The minimum atomic E-state index is 0.349. The first-order valence-corrected chi connectivity index (χ1v) is 7.31. The van der Waals surface area contributed by atoms with Gasteiger partial charge in [-0.3, -0.25) is 0 Å². The van der Waals surface area contributed by atoms with E-state index in [-0.39, 0.29) is 0 Å². The normalized spacial score (nSPS) is 44.4. The average Bonchev–Trinajstić information content (AvgIpc) is 2.94. The van der Waals surface area contributed by atoms with Gasteiger partial charge in [0.15, 0.2) is 0 Å². The number of aliphatic hydroxyl groups is 1. The lowest BCUT2D eigenvalue weighted by Crippen LogP contribution is -3.28. The van der Waals surface area contributed by atoms with Crippen molar-refractivity contribution in [1.29, 1.82) is 0 Å². The van der Waals surface area contributed by atoms with Crippen molar-refractivity contribution in [3.63, 3.8) is 0 Å². The zero-order chi connectivity index (χ0) is 11.7. The van der Waals surface area contributed by atoms with Crippen LogP contribution in [0.4, 0.5) is 0 Å². The van der Waals surface area contributed by atoms with Gasteiger partial charge in [-0.05, 0) is 24.7 Å². The molecule has 2 bridgehead atoms. The van der Waals surface area contributed by atoms with Crippen LogP contribution in [0.5, 0.6) is 0 Å². The molecule has 0 amide bonds. The Balaban J connectivity index is 1.44. The smallest absolute Gasteiger partial charge is 0.127 e. The monoisotopic (exact) mass is 238 g/mol. The Labute approximate surface area is 104 Å². The number of quaternary nitrogens is 2. The molecule has 3 atom stereocenters. The SMILES string of the molecule is OCC[NH+]1CC[NH+](C[C@H]2C[C@@H]3C=C[C@H]2C3)CC1. The Kier molecular flexibility index (Phi) is 3.50. The fourth-order valence-corrected chi connectivity index (χ4v) is 4.07. The van der Waals surface area contributed by atoms with Crippen LogP contribution < -0.4 is 9.80 Å². The van der Waals surface area contributed by atoms with Crippen LogP contribution in [0.15, 0.2) is 12.2 Å². The second-order valence-electron chi connectivity index (χ2n) is 6.22. The van der Waals surface area contributed by atoms with Crippen LogP contribution >= 0.6 is 0 Å². The van der Waals surface area contributed by atoms with Crippen molar-refractivity contribution in [2.45, 2.75) is 12.8 Å². The first-order valence-electron chi connectivity index (χ1n) is 7.31. The van der Waals surface area contributed by atoms with Gasteiger partial charge in [-0.15, -0.1) is 0 Å². The van der Waals surface area contributed by atoms with Crippen LogP contribution in [0.1, 0.15) is 12.8 Å². The number of hydrogen-bond donors (Lipinski definition) is 3. The van der Waals surface area contributed by atoms with Crippen molar-refractivity contribution >= 4 is 0 Å². The molecule has 0 aromatic rings. The van der Waals surface area contributed by atoms with Crippen LogP contribution in [-0.2, 0) is 0 Å². The molecule has 0 spiro atoms. The lowest BCUT2D eigenvalue weighted by Gasteiger charge is -2.32. The third kappa shape index (κ3) is 2.56. The van der Waals surface area contributed by atoms with Crippen molar-refractivity contribution in [3.05, 3.63) is 12.2 Å². The summed E-state index contributed by atoms with van der Waals surface area (Å²) >= 11 is 0. The van der Waals surface area contributed by atoms with E-state index in [9.17, 15) is 0 Å². The minimum Gasteiger partial charge on any atom is -0.391 e. The highest BCUT2D eigenvalue weighted by molar-refractivity contribution is 5.09. The van der Waals surface area contributed by atoms with Crippen molar-refractivity contribution in [3.8, 4) is 0 Å². The summed E-state index contributed by atoms with van der Waals surface area (Å²) in [5.74, 6) is 2.81. The molecule has 1 saturated carbocycles. The number of allylic oxidation sites excluding steroid dienone is 2. The van der Waals surface area contributed by atoms with Crippen LogP contribution in [0.25, 0.3) is 0 Å². The molecule has 0 radical (unpaired) electrons. The number of fused-ring (bicyclic) bond motifs is 2. The van der Waals surface area contributed by atoms with Gasteiger partial charge >= 0.3 is 0 Å². The number of aliphatic hydroxyl groups excluding tert-OH is 1. The first-order chi connectivity index (χ1) is 8.35. The molecular weight excluding hydrogens is 212 g/mol. The Hall–Kier alpha value is -0.380. The fraction of sp³-hybridized carbons (Fsp3) is 0.857. The molecule has 2 fully saturated rings. The number of nitrogens with one attached hydrogen (secondary N) is 2. The van der Waals surface area contributed by atoms with E-state index in [4.69, 9.17) is 5.11 Å². The van der Waals surface area contributed by atoms with E-state index in [1.807, 2.05) is 4.90 Å². The molecule has 3 aliphatic rings. The number of piperazine rings is 1. The molecule has 0 unspecified atom stereocenters. The van der Waals surface area contributed by atoms with E-state index >= 15 is 0 Å². The molecule has 96 valence electrons. The van der Waals surface area contributed by atoms with Crippen LogP contribution in [-0.4, -0.2) is 51.0 Å². The molecule has 1 saturated heterocycles. The van der Waals surface area contributed by atoms with Crippen LogP contribution in [0.2, 0.25) is 0 Å². The molecule has 3 nitrogen and oxygen atoms in total. The fourth-order valence-electron chi connectivity index (χ4n) is 4.07. The summed E-state index contributed by atoms with van der Waals surface area (Å²) in [4.78, 5) is 3.42. The number of hydrogen-bond acceptors (Lipinski definition) is 1. The van der Waals surface area contributed by atoms with E-state index < -0.39 is 0 Å². The molecule has 1 heterocycles. The molecule has 3 heteroatoms. The Morgan fingerprint density at radius 2 is 1.76 bits per heavy atom. The van der Waals surface area contributed by atoms with Gasteiger partial charge in [0, 0.05) is 5.92 Å². The lowest BCUT2D eigenvalue weighted by atomic mass is 9.93. The van der Waals surface area contributed by atoms with Gasteiger partial charge in [-0.2, -0.15) is 0 Å². The average molecular weight is 238 g/mol. The van der Waals surface area contributed by atoms with Gasteiger partial charge in [0.1, 0.15) is 32.7 Å². The Bertz CT molecular complexity index is 284. The van der Waals surface area contributed by atoms with Gasteiger partial charge in [0.2, 0.25) is 0 Å². The topological polar surface area (TPSA) is 29.1 Å². The van der Waals surface area contributed by atoms with Crippen molar-refractivity contribution in [2.75, 3.05) is 45.9 Å². The second kappa shape index (κ2) is 5.09. The Morgan fingerprint density at radius 1 is 1.00 bits per heavy atom.